The van der Waals surface area contributed by atoms with E-state index in [-0.39, 0.29) is 6.54 Å². The minimum atomic E-state index is -2.92. The van der Waals surface area contributed by atoms with Crippen LogP contribution in [0.15, 0.2) is 0 Å². The van der Waals surface area contributed by atoms with Crippen LogP contribution in [0, 0.1) is 13.8 Å². The number of halogens is 2. The van der Waals surface area contributed by atoms with Gasteiger partial charge in [-0.15, -0.1) is 11.3 Å². The van der Waals surface area contributed by atoms with Crippen LogP contribution in [0.25, 0.3) is 0 Å². The number of thiazole rings is 1. The largest absolute Gasteiger partial charge is 0.480 e. The first-order chi connectivity index (χ1) is 8.28. The van der Waals surface area contributed by atoms with E-state index in [1.807, 2.05) is 13.8 Å². The summed E-state index contributed by atoms with van der Waals surface area (Å²) < 4.78 is 26.6. The van der Waals surface area contributed by atoms with E-state index in [1.54, 1.807) is 0 Å². The van der Waals surface area contributed by atoms with Crippen molar-refractivity contribution in [2.45, 2.75) is 38.8 Å². The number of aryl methyl sites for hydroxylation is 2. The Hall–Kier alpha value is -1.08. The summed E-state index contributed by atoms with van der Waals surface area (Å²) in [5.41, 5.74) is 0.789. The number of aliphatic carboxylic acids is 1. The van der Waals surface area contributed by atoms with E-state index >= 15 is 0 Å². The smallest absolute Gasteiger partial charge is 0.321 e. The molecule has 1 N–H and O–H groups in total. The molecule has 1 fully saturated rings. The lowest BCUT2D eigenvalue weighted by Crippen LogP contribution is -2.35. The quantitative estimate of drug-likeness (QED) is 0.918. The van der Waals surface area contributed by atoms with Gasteiger partial charge in [-0.3, -0.25) is 9.69 Å². The predicted octanol–water partition coefficient (Wildman–Crippen LogP) is 2.05. The zero-order valence-corrected chi connectivity index (χ0v) is 10.9. The third-order valence-corrected chi connectivity index (χ3v) is 4.06. The third kappa shape index (κ3) is 2.67. The molecule has 1 aliphatic heterocycles. The second kappa shape index (κ2) is 4.55. The summed E-state index contributed by atoms with van der Waals surface area (Å²) in [6, 6.07) is -1.11. The maximum atomic E-state index is 13.3. The SMILES string of the molecule is Cc1nc(C)c(CN2CC(F)(F)C[C@@H]2C(=O)O)s1. The van der Waals surface area contributed by atoms with Crippen LogP contribution in [0.4, 0.5) is 8.78 Å². The first-order valence-corrected chi connectivity index (χ1v) is 6.38. The fourth-order valence-corrected chi connectivity index (χ4v) is 3.16. The van der Waals surface area contributed by atoms with Gasteiger partial charge in [0.15, 0.2) is 0 Å². The molecule has 0 aliphatic carbocycles. The van der Waals surface area contributed by atoms with Gasteiger partial charge in [0.25, 0.3) is 5.92 Å². The van der Waals surface area contributed by atoms with Crippen molar-refractivity contribution in [2.24, 2.45) is 0 Å². The Labute approximate surface area is 107 Å². The Bertz CT molecular complexity index is 476. The average molecular weight is 276 g/mol. The Morgan fingerprint density at radius 1 is 1.61 bits per heavy atom. The number of alkyl halides is 2. The number of hydrogen-bond acceptors (Lipinski definition) is 4. The maximum absolute atomic E-state index is 13.3. The second-order valence-corrected chi connectivity index (χ2v) is 5.85. The van der Waals surface area contributed by atoms with Gasteiger partial charge >= 0.3 is 5.97 Å². The Balaban J connectivity index is 2.17. The Kier molecular flexibility index (Phi) is 3.37. The van der Waals surface area contributed by atoms with Crippen LogP contribution >= 0.6 is 11.3 Å². The highest BCUT2D eigenvalue weighted by Crippen LogP contribution is 2.34. The number of carboxylic acid groups (broad SMARTS) is 1. The van der Waals surface area contributed by atoms with E-state index in [0.29, 0.717) is 0 Å². The van der Waals surface area contributed by atoms with Gasteiger partial charge in [0.05, 0.1) is 17.2 Å². The first kappa shape index (κ1) is 13.4. The van der Waals surface area contributed by atoms with Crippen LogP contribution in [0.2, 0.25) is 0 Å². The van der Waals surface area contributed by atoms with Crippen molar-refractivity contribution >= 4 is 17.3 Å². The van der Waals surface area contributed by atoms with E-state index < -0.39 is 30.9 Å². The standard InChI is InChI=1S/C11H14F2N2O2S/c1-6-9(18-7(2)14-6)4-15-5-11(12,13)3-8(15)10(16)17/h8H,3-5H2,1-2H3,(H,16,17)/t8-/m1/s1. The molecule has 2 rings (SSSR count). The molecule has 1 saturated heterocycles. The monoisotopic (exact) mass is 276 g/mol. The number of aromatic nitrogens is 1. The van der Waals surface area contributed by atoms with Gasteiger partial charge in [-0.2, -0.15) is 0 Å². The molecular formula is C11H14F2N2O2S. The van der Waals surface area contributed by atoms with Gasteiger partial charge in [0, 0.05) is 17.8 Å². The average Bonchev–Trinajstić information content (AvgIpc) is 2.67. The Morgan fingerprint density at radius 2 is 2.28 bits per heavy atom. The molecular weight excluding hydrogens is 262 g/mol. The van der Waals surface area contributed by atoms with Gasteiger partial charge in [0.2, 0.25) is 0 Å². The molecule has 0 amide bonds. The predicted molar refractivity (Wildman–Crippen MR) is 63.0 cm³/mol. The van der Waals surface area contributed by atoms with Crippen molar-refractivity contribution in [3.05, 3.63) is 15.6 Å². The zero-order chi connectivity index (χ0) is 13.5. The van der Waals surface area contributed by atoms with Gasteiger partial charge in [-0.1, -0.05) is 0 Å². The van der Waals surface area contributed by atoms with Crippen LogP contribution < -0.4 is 0 Å². The molecule has 0 spiro atoms. The molecule has 0 bridgehead atoms. The number of carboxylic acids is 1. The van der Waals surface area contributed by atoms with E-state index in [0.717, 1.165) is 15.6 Å². The number of nitrogens with zero attached hydrogens (tertiary/aromatic N) is 2. The van der Waals surface area contributed by atoms with E-state index in [4.69, 9.17) is 5.11 Å². The van der Waals surface area contributed by atoms with Crippen LogP contribution in [-0.2, 0) is 11.3 Å². The topological polar surface area (TPSA) is 53.4 Å². The molecule has 4 nitrogen and oxygen atoms in total. The molecule has 0 aromatic carbocycles. The summed E-state index contributed by atoms with van der Waals surface area (Å²) >= 11 is 1.42. The summed E-state index contributed by atoms with van der Waals surface area (Å²) in [5, 5.41) is 9.84. The van der Waals surface area contributed by atoms with Crippen LogP contribution in [0.1, 0.15) is 22.0 Å². The highest BCUT2D eigenvalue weighted by molar-refractivity contribution is 7.11. The van der Waals surface area contributed by atoms with Crippen LogP contribution in [0.3, 0.4) is 0 Å². The summed E-state index contributed by atoms with van der Waals surface area (Å²) in [6.07, 6.45) is -0.612. The molecule has 1 aliphatic rings. The molecule has 0 radical (unpaired) electrons. The molecule has 18 heavy (non-hydrogen) atoms. The highest BCUT2D eigenvalue weighted by atomic mass is 32.1. The fourth-order valence-electron chi connectivity index (χ4n) is 2.20. The number of hydrogen-bond donors (Lipinski definition) is 1. The highest BCUT2D eigenvalue weighted by Gasteiger charge is 2.48. The first-order valence-electron chi connectivity index (χ1n) is 5.56. The van der Waals surface area contributed by atoms with Gasteiger partial charge in [-0.25, -0.2) is 13.8 Å². The van der Waals surface area contributed by atoms with Crippen molar-refractivity contribution in [3.63, 3.8) is 0 Å². The molecule has 100 valence electrons. The van der Waals surface area contributed by atoms with Crippen LogP contribution in [0.5, 0.6) is 0 Å². The van der Waals surface area contributed by atoms with Crippen molar-refractivity contribution in [1.29, 1.82) is 0 Å². The summed E-state index contributed by atoms with van der Waals surface area (Å²) in [4.78, 5) is 17.4. The fraction of sp³-hybridized carbons (Fsp3) is 0.636. The number of rotatable bonds is 3. The molecule has 0 saturated carbocycles. The lowest BCUT2D eigenvalue weighted by atomic mass is 10.2. The number of carbonyl (C=O) groups is 1. The molecule has 0 unspecified atom stereocenters. The van der Waals surface area contributed by atoms with Crippen molar-refractivity contribution in [2.75, 3.05) is 6.54 Å². The minimum Gasteiger partial charge on any atom is -0.480 e. The second-order valence-electron chi connectivity index (χ2n) is 4.56. The summed E-state index contributed by atoms with van der Waals surface area (Å²) in [7, 11) is 0. The zero-order valence-electron chi connectivity index (χ0n) is 10.1. The summed E-state index contributed by atoms with van der Waals surface area (Å²) in [5.74, 6) is -4.11. The van der Waals surface area contributed by atoms with Gasteiger partial charge in [-0.05, 0) is 13.8 Å². The number of likely N-dealkylation sites (tertiary alicyclic amines) is 1. The molecule has 7 heteroatoms. The normalized spacial score (nSPS) is 23.4. The minimum absolute atomic E-state index is 0.226. The lowest BCUT2D eigenvalue weighted by Gasteiger charge is -2.19. The molecule has 1 atom stereocenters. The lowest BCUT2D eigenvalue weighted by molar-refractivity contribution is -0.142. The molecule has 2 heterocycles. The Morgan fingerprint density at radius 3 is 2.78 bits per heavy atom. The van der Waals surface area contributed by atoms with E-state index in [9.17, 15) is 13.6 Å². The van der Waals surface area contributed by atoms with Crippen molar-refractivity contribution < 1.29 is 18.7 Å². The van der Waals surface area contributed by atoms with Crippen LogP contribution in [-0.4, -0.2) is 39.5 Å². The summed E-state index contributed by atoms with van der Waals surface area (Å²) in [6.45, 7) is 3.38. The van der Waals surface area contributed by atoms with Gasteiger partial charge in [0.1, 0.15) is 6.04 Å². The third-order valence-electron chi connectivity index (χ3n) is 3.00. The van der Waals surface area contributed by atoms with E-state index in [2.05, 4.69) is 4.98 Å². The van der Waals surface area contributed by atoms with Crippen molar-refractivity contribution in [1.82, 2.24) is 9.88 Å². The van der Waals surface area contributed by atoms with Gasteiger partial charge < -0.3 is 5.11 Å². The van der Waals surface area contributed by atoms with Crippen molar-refractivity contribution in [3.8, 4) is 0 Å². The van der Waals surface area contributed by atoms with E-state index in [1.165, 1.54) is 16.2 Å². The maximum Gasteiger partial charge on any atom is 0.321 e. The molecule has 1 aromatic rings. The molecule has 1 aromatic heterocycles.